The van der Waals surface area contributed by atoms with E-state index < -0.39 is 5.97 Å². The fourth-order valence-corrected chi connectivity index (χ4v) is 2.25. The first-order valence-electron chi connectivity index (χ1n) is 6.62. The highest BCUT2D eigenvalue weighted by Gasteiger charge is 2.08. The molecule has 0 aromatic heterocycles. The van der Waals surface area contributed by atoms with Crippen molar-refractivity contribution < 1.29 is 14.3 Å². The molecule has 0 unspecified atom stereocenters. The molecule has 4 heteroatoms. The molecular weight excluding hydrogens is 332 g/mol. The van der Waals surface area contributed by atoms with Gasteiger partial charge in [0.05, 0.1) is 0 Å². The average Bonchev–Trinajstić information content (AvgIpc) is 2.40. The molecule has 3 nitrogen and oxygen atoms in total. The Balaban J connectivity index is 1.94. The molecule has 2 rings (SSSR count). The number of ether oxygens (including phenoxy) is 2. The SMILES string of the molecule is Cc1cc(C)cc(OCC(=O)Oc2ccc(Br)c(C)c2)c1. The van der Waals surface area contributed by atoms with Crippen LogP contribution in [0, 0.1) is 20.8 Å². The van der Waals surface area contributed by atoms with E-state index in [1.807, 2.05) is 39.0 Å². The lowest BCUT2D eigenvalue weighted by atomic mass is 10.1. The molecule has 21 heavy (non-hydrogen) atoms. The quantitative estimate of drug-likeness (QED) is 0.608. The molecule has 0 heterocycles. The Morgan fingerprint density at radius 1 is 1.00 bits per heavy atom. The van der Waals surface area contributed by atoms with E-state index in [1.165, 1.54) is 0 Å². The second-order valence-electron chi connectivity index (χ2n) is 5.00. The van der Waals surface area contributed by atoms with Crippen LogP contribution >= 0.6 is 15.9 Å². The summed E-state index contributed by atoms with van der Waals surface area (Å²) in [5.41, 5.74) is 3.21. The smallest absolute Gasteiger partial charge is 0.349 e. The van der Waals surface area contributed by atoms with E-state index in [2.05, 4.69) is 22.0 Å². The average molecular weight is 349 g/mol. The number of hydrogen-bond donors (Lipinski definition) is 0. The lowest BCUT2D eigenvalue weighted by molar-refractivity contribution is -0.136. The summed E-state index contributed by atoms with van der Waals surface area (Å²) in [6.07, 6.45) is 0. The second kappa shape index (κ2) is 6.76. The Labute approximate surface area is 133 Å². The van der Waals surface area contributed by atoms with Crippen molar-refractivity contribution in [2.24, 2.45) is 0 Å². The van der Waals surface area contributed by atoms with Crippen LogP contribution in [0.4, 0.5) is 0 Å². The van der Waals surface area contributed by atoms with Gasteiger partial charge in [-0.3, -0.25) is 0 Å². The predicted octanol–water partition coefficient (Wildman–Crippen LogP) is 4.36. The summed E-state index contributed by atoms with van der Waals surface area (Å²) in [7, 11) is 0. The lowest BCUT2D eigenvalue weighted by Gasteiger charge is -2.09. The molecule has 2 aromatic carbocycles. The van der Waals surface area contributed by atoms with Crippen LogP contribution < -0.4 is 9.47 Å². The number of aryl methyl sites for hydroxylation is 3. The highest BCUT2D eigenvalue weighted by molar-refractivity contribution is 9.10. The number of rotatable bonds is 4. The third kappa shape index (κ3) is 4.60. The molecule has 0 aliphatic carbocycles. The van der Waals surface area contributed by atoms with Crippen molar-refractivity contribution in [3.8, 4) is 11.5 Å². The Kier molecular flexibility index (Phi) is 5.02. The molecule has 0 aliphatic rings. The molecule has 0 saturated heterocycles. The Bertz CT molecular complexity index is 645. The predicted molar refractivity (Wildman–Crippen MR) is 85.9 cm³/mol. The minimum absolute atomic E-state index is 0.113. The molecule has 2 aromatic rings. The molecule has 0 amide bonds. The molecular formula is C17H17BrO3. The Morgan fingerprint density at radius 3 is 2.29 bits per heavy atom. The monoisotopic (exact) mass is 348 g/mol. The van der Waals surface area contributed by atoms with Crippen LogP contribution in [-0.2, 0) is 4.79 Å². The van der Waals surface area contributed by atoms with Crippen LogP contribution in [0.15, 0.2) is 40.9 Å². The molecule has 0 spiro atoms. The topological polar surface area (TPSA) is 35.5 Å². The van der Waals surface area contributed by atoms with Crippen molar-refractivity contribution in [2.75, 3.05) is 6.61 Å². The minimum atomic E-state index is -0.420. The van der Waals surface area contributed by atoms with Gasteiger partial charge in [-0.15, -0.1) is 0 Å². The van der Waals surface area contributed by atoms with Gasteiger partial charge in [-0.1, -0.05) is 22.0 Å². The van der Waals surface area contributed by atoms with E-state index in [0.29, 0.717) is 11.5 Å². The van der Waals surface area contributed by atoms with E-state index in [-0.39, 0.29) is 6.61 Å². The van der Waals surface area contributed by atoms with E-state index in [9.17, 15) is 4.79 Å². The summed E-state index contributed by atoms with van der Waals surface area (Å²) >= 11 is 3.41. The van der Waals surface area contributed by atoms with Gasteiger partial charge < -0.3 is 9.47 Å². The Hall–Kier alpha value is -1.81. The normalized spacial score (nSPS) is 10.3. The van der Waals surface area contributed by atoms with Crippen molar-refractivity contribution in [1.29, 1.82) is 0 Å². The lowest BCUT2D eigenvalue weighted by Crippen LogP contribution is -2.17. The third-order valence-electron chi connectivity index (χ3n) is 2.91. The molecule has 0 bridgehead atoms. The van der Waals surface area contributed by atoms with Gasteiger partial charge in [0, 0.05) is 4.47 Å². The van der Waals surface area contributed by atoms with Crippen LogP contribution in [0.2, 0.25) is 0 Å². The summed E-state index contributed by atoms with van der Waals surface area (Å²) in [4.78, 5) is 11.8. The highest BCUT2D eigenvalue weighted by atomic mass is 79.9. The number of halogens is 1. The first-order chi connectivity index (χ1) is 9.94. The van der Waals surface area contributed by atoms with Crippen LogP contribution in [0.5, 0.6) is 11.5 Å². The summed E-state index contributed by atoms with van der Waals surface area (Å²) < 4.78 is 11.7. The molecule has 110 valence electrons. The zero-order valence-corrected chi connectivity index (χ0v) is 13.9. The van der Waals surface area contributed by atoms with Gasteiger partial charge >= 0.3 is 5.97 Å². The van der Waals surface area contributed by atoms with Crippen LogP contribution in [0.3, 0.4) is 0 Å². The van der Waals surface area contributed by atoms with Crippen molar-refractivity contribution in [1.82, 2.24) is 0 Å². The zero-order chi connectivity index (χ0) is 15.4. The Morgan fingerprint density at radius 2 is 1.67 bits per heavy atom. The summed E-state index contributed by atoms with van der Waals surface area (Å²) in [6, 6.07) is 11.2. The molecule has 0 aliphatic heterocycles. The first-order valence-corrected chi connectivity index (χ1v) is 7.41. The number of benzene rings is 2. The standard InChI is InChI=1S/C17H17BrO3/c1-11-6-12(2)8-15(7-11)20-10-17(19)21-14-4-5-16(18)13(3)9-14/h4-9H,10H2,1-3H3. The molecule has 0 saturated carbocycles. The van der Waals surface area contributed by atoms with Crippen molar-refractivity contribution in [3.63, 3.8) is 0 Å². The van der Waals surface area contributed by atoms with Gasteiger partial charge in [-0.05, 0) is 67.8 Å². The van der Waals surface area contributed by atoms with Gasteiger partial charge in [0.25, 0.3) is 0 Å². The molecule has 0 fully saturated rings. The van der Waals surface area contributed by atoms with Crippen LogP contribution in [0.1, 0.15) is 16.7 Å². The zero-order valence-electron chi connectivity index (χ0n) is 12.3. The van der Waals surface area contributed by atoms with Gasteiger partial charge in [0.15, 0.2) is 6.61 Å². The fourth-order valence-electron chi connectivity index (χ4n) is 2.00. The maximum Gasteiger partial charge on any atom is 0.349 e. The summed E-state index contributed by atoms with van der Waals surface area (Å²) in [5.74, 6) is 0.775. The van der Waals surface area contributed by atoms with Crippen molar-refractivity contribution in [2.45, 2.75) is 20.8 Å². The van der Waals surface area contributed by atoms with Crippen molar-refractivity contribution in [3.05, 3.63) is 57.6 Å². The van der Waals surface area contributed by atoms with Gasteiger partial charge in [-0.2, -0.15) is 0 Å². The number of hydrogen-bond acceptors (Lipinski definition) is 3. The fraction of sp³-hybridized carbons (Fsp3) is 0.235. The van der Waals surface area contributed by atoms with E-state index >= 15 is 0 Å². The second-order valence-corrected chi connectivity index (χ2v) is 5.85. The number of esters is 1. The summed E-state index contributed by atoms with van der Waals surface area (Å²) in [6.45, 7) is 5.80. The summed E-state index contributed by atoms with van der Waals surface area (Å²) in [5, 5.41) is 0. The maximum atomic E-state index is 11.8. The number of carbonyl (C=O) groups excluding carboxylic acids is 1. The van der Waals surface area contributed by atoms with E-state index in [1.54, 1.807) is 12.1 Å². The maximum absolute atomic E-state index is 11.8. The van der Waals surface area contributed by atoms with Gasteiger partial charge in [-0.25, -0.2) is 4.79 Å². The first kappa shape index (κ1) is 15.6. The molecule has 0 radical (unpaired) electrons. The van der Waals surface area contributed by atoms with Crippen molar-refractivity contribution >= 4 is 21.9 Å². The van der Waals surface area contributed by atoms with E-state index in [4.69, 9.17) is 9.47 Å². The van der Waals surface area contributed by atoms with Crippen LogP contribution in [-0.4, -0.2) is 12.6 Å². The molecule has 0 N–H and O–H groups in total. The van der Waals surface area contributed by atoms with Crippen LogP contribution in [0.25, 0.3) is 0 Å². The largest absolute Gasteiger partial charge is 0.482 e. The molecule has 0 atom stereocenters. The minimum Gasteiger partial charge on any atom is -0.482 e. The highest BCUT2D eigenvalue weighted by Crippen LogP contribution is 2.22. The third-order valence-corrected chi connectivity index (χ3v) is 3.80. The number of carbonyl (C=O) groups is 1. The van der Waals surface area contributed by atoms with E-state index in [0.717, 1.165) is 21.2 Å². The van der Waals surface area contributed by atoms with Gasteiger partial charge in [0.2, 0.25) is 0 Å². The van der Waals surface area contributed by atoms with Gasteiger partial charge in [0.1, 0.15) is 11.5 Å².